The van der Waals surface area contributed by atoms with Crippen molar-refractivity contribution in [3.63, 3.8) is 0 Å². The lowest BCUT2D eigenvalue weighted by atomic mass is 10.1. The predicted octanol–water partition coefficient (Wildman–Crippen LogP) is 5.40. The molecule has 9 heteroatoms. The number of non-ortho nitro benzene ring substituents is 1. The number of Topliss-reactive ketones (excluding diaryl/α,β-unsaturated/α-hetero) is 1. The Balaban J connectivity index is 1.43. The van der Waals surface area contributed by atoms with Crippen molar-refractivity contribution in [3.8, 4) is 11.1 Å². The minimum absolute atomic E-state index is 0.0628. The van der Waals surface area contributed by atoms with Gasteiger partial charge in [0.15, 0.2) is 12.4 Å². The van der Waals surface area contributed by atoms with E-state index in [0.717, 1.165) is 16.7 Å². The SMILES string of the molecule is CCOC(=O)c1cc(C(=O)c2ccc(C)cc2)n2ccc(-c3cc[n+](CC(=O)c4ccc([N+](=O)[O-])cc4)cc3)cc12. The van der Waals surface area contributed by atoms with E-state index < -0.39 is 10.9 Å². The number of rotatable bonds is 9. The molecule has 0 atom stereocenters. The molecule has 2 aromatic carbocycles. The van der Waals surface area contributed by atoms with Crippen molar-refractivity contribution in [2.75, 3.05) is 6.61 Å². The third kappa shape index (κ3) is 5.65. The fraction of sp³-hybridized carbons (Fsp3) is 0.125. The molecule has 41 heavy (non-hydrogen) atoms. The van der Waals surface area contributed by atoms with Crippen LogP contribution in [0, 0.1) is 17.0 Å². The number of hydrogen-bond acceptors (Lipinski definition) is 6. The summed E-state index contributed by atoms with van der Waals surface area (Å²) in [6, 6.07) is 21.7. The number of pyridine rings is 2. The third-order valence-electron chi connectivity index (χ3n) is 6.76. The molecule has 0 saturated heterocycles. The van der Waals surface area contributed by atoms with Crippen LogP contribution in [0.25, 0.3) is 16.6 Å². The third-order valence-corrected chi connectivity index (χ3v) is 6.76. The molecule has 9 nitrogen and oxygen atoms in total. The second-order valence-electron chi connectivity index (χ2n) is 9.52. The van der Waals surface area contributed by atoms with Crippen molar-refractivity contribution in [2.24, 2.45) is 0 Å². The van der Waals surface area contributed by atoms with Crippen molar-refractivity contribution in [3.05, 3.63) is 136 Å². The van der Waals surface area contributed by atoms with Crippen molar-refractivity contribution < 1.29 is 28.6 Å². The number of carbonyl (C=O) groups excluding carboxylic acids is 3. The molecule has 3 aromatic heterocycles. The van der Waals surface area contributed by atoms with E-state index in [4.69, 9.17) is 4.74 Å². The van der Waals surface area contributed by atoms with Crippen LogP contribution in [0.3, 0.4) is 0 Å². The number of esters is 1. The van der Waals surface area contributed by atoms with Gasteiger partial charge < -0.3 is 9.14 Å². The molecule has 0 aliphatic carbocycles. The van der Waals surface area contributed by atoms with Gasteiger partial charge in [-0.1, -0.05) is 29.8 Å². The number of ketones is 2. The Bertz CT molecular complexity index is 1790. The van der Waals surface area contributed by atoms with E-state index in [-0.39, 0.29) is 30.4 Å². The molecule has 204 valence electrons. The lowest BCUT2D eigenvalue weighted by molar-refractivity contribution is -0.683. The fourth-order valence-corrected chi connectivity index (χ4v) is 4.56. The predicted molar refractivity (Wildman–Crippen MR) is 151 cm³/mol. The van der Waals surface area contributed by atoms with Crippen LogP contribution in [0.15, 0.2) is 97.5 Å². The highest BCUT2D eigenvalue weighted by Crippen LogP contribution is 2.26. The first kappa shape index (κ1) is 27.1. The number of ether oxygens (including phenoxy) is 1. The van der Waals surface area contributed by atoms with Crippen LogP contribution >= 0.6 is 0 Å². The molecule has 0 radical (unpaired) electrons. The van der Waals surface area contributed by atoms with Crippen LogP contribution < -0.4 is 4.57 Å². The summed E-state index contributed by atoms with van der Waals surface area (Å²) in [5.74, 6) is -0.903. The largest absolute Gasteiger partial charge is 0.462 e. The average Bonchev–Trinajstić information content (AvgIpc) is 3.37. The van der Waals surface area contributed by atoms with Gasteiger partial charge in [-0.15, -0.1) is 0 Å². The molecule has 0 spiro atoms. The van der Waals surface area contributed by atoms with Crippen LogP contribution in [0.1, 0.15) is 49.3 Å². The molecule has 5 aromatic rings. The second kappa shape index (κ2) is 11.4. The quantitative estimate of drug-likeness (QED) is 0.0802. The molecule has 0 fully saturated rings. The summed E-state index contributed by atoms with van der Waals surface area (Å²) < 4.78 is 8.68. The normalized spacial score (nSPS) is 10.9. The van der Waals surface area contributed by atoms with Gasteiger partial charge in [0, 0.05) is 41.6 Å². The van der Waals surface area contributed by atoms with E-state index in [0.29, 0.717) is 27.9 Å². The molecule has 5 rings (SSSR count). The Labute approximate surface area is 235 Å². The van der Waals surface area contributed by atoms with Gasteiger partial charge >= 0.3 is 5.97 Å². The van der Waals surface area contributed by atoms with Gasteiger partial charge in [-0.3, -0.25) is 19.7 Å². The van der Waals surface area contributed by atoms with Gasteiger partial charge in [0.2, 0.25) is 18.1 Å². The highest BCUT2D eigenvalue weighted by Gasteiger charge is 2.22. The van der Waals surface area contributed by atoms with E-state index >= 15 is 0 Å². The van der Waals surface area contributed by atoms with Crippen molar-refractivity contribution >= 4 is 28.7 Å². The number of aryl methyl sites for hydroxylation is 1. The molecule has 0 aliphatic rings. The average molecular weight is 549 g/mol. The van der Waals surface area contributed by atoms with E-state index in [1.807, 2.05) is 43.3 Å². The second-order valence-corrected chi connectivity index (χ2v) is 9.52. The van der Waals surface area contributed by atoms with Crippen LogP contribution in [0.5, 0.6) is 0 Å². The van der Waals surface area contributed by atoms with E-state index in [2.05, 4.69) is 0 Å². The highest BCUT2D eigenvalue weighted by molar-refractivity contribution is 6.11. The standard InChI is InChI=1S/C32H26N3O6/c1-3-41-32(38)27-19-29(31(37)24-6-4-21(2)5-7-24)34-17-14-25(18-28(27)34)22-12-15-33(16-13-22)20-30(36)23-8-10-26(11-9-23)35(39)40/h4-19H,3,20H2,1-2H3/q+1. The van der Waals surface area contributed by atoms with Gasteiger partial charge in [-0.2, -0.15) is 4.57 Å². The Morgan fingerprint density at radius 2 is 1.54 bits per heavy atom. The number of nitrogens with zero attached hydrogens (tertiary/aromatic N) is 3. The van der Waals surface area contributed by atoms with E-state index in [1.54, 1.807) is 52.7 Å². The number of aromatic nitrogens is 2. The van der Waals surface area contributed by atoms with Gasteiger partial charge in [0.1, 0.15) is 0 Å². The van der Waals surface area contributed by atoms with Crippen LogP contribution in [0.2, 0.25) is 0 Å². The lowest BCUT2D eigenvalue weighted by Crippen LogP contribution is -2.37. The van der Waals surface area contributed by atoms with Crippen molar-refractivity contribution in [1.82, 2.24) is 4.40 Å². The van der Waals surface area contributed by atoms with Crippen LogP contribution in [-0.4, -0.2) is 33.5 Å². The minimum atomic E-state index is -0.513. The van der Waals surface area contributed by atoms with Gasteiger partial charge in [-0.25, -0.2) is 4.79 Å². The topological polar surface area (TPSA) is 112 Å². The lowest BCUT2D eigenvalue weighted by Gasteiger charge is -2.07. The monoisotopic (exact) mass is 548 g/mol. The first-order valence-corrected chi connectivity index (χ1v) is 13.0. The zero-order valence-corrected chi connectivity index (χ0v) is 22.4. The summed E-state index contributed by atoms with van der Waals surface area (Å²) in [7, 11) is 0. The summed E-state index contributed by atoms with van der Waals surface area (Å²) in [6.45, 7) is 3.94. The molecular formula is C32H26N3O6+. The summed E-state index contributed by atoms with van der Waals surface area (Å²) in [4.78, 5) is 49.2. The summed E-state index contributed by atoms with van der Waals surface area (Å²) in [5, 5.41) is 10.9. The Hall–Kier alpha value is -5.44. The van der Waals surface area contributed by atoms with Crippen molar-refractivity contribution in [1.29, 1.82) is 0 Å². The van der Waals surface area contributed by atoms with Gasteiger partial charge in [0.25, 0.3) is 5.69 Å². The number of fused-ring (bicyclic) bond motifs is 1. The summed E-state index contributed by atoms with van der Waals surface area (Å²) in [5.41, 5.74) is 4.71. The molecular weight excluding hydrogens is 522 g/mol. The maximum absolute atomic E-state index is 13.4. The molecule has 3 heterocycles. The minimum Gasteiger partial charge on any atom is -0.462 e. The maximum Gasteiger partial charge on any atom is 0.340 e. The first-order chi connectivity index (χ1) is 19.7. The maximum atomic E-state index is 13.4. The number of nitro benzene ring substituents is 1. The number of hydrogen-bond donors (Lipinski definition) is 0. The summed E-state index contributed by atoms with van der Waals surface area (Å²) >= 11 is 0. The van der Waals surface area contributed by atoms with E-state index in [9.17, 15) is 24.5 Å². The van der Waals surface area contributed by atoms with Crippen LogP contribution in [-0.2, 0) is 11.3 Å². The first-order valence-electron chi connectivity index (χ1n) is 13.0. The number of benzene rings is 2. The zero-order chi connectivity index (χ0) is 29.1. The van der Waals surface area contributed by atoms with Crippen LogP contribution in [0.4, 0.5) is 5.69 Å². The molecule has 0 N–H and O–H groups in total. The number of nitro groups is 1. The molecule has 0 amide bonds. The Morgan fingerprint density at radius 3 is 2.17 bits per heavy atom. The van der Waals surface area contributed by atoms with Gasteiger partial charge in [0.05, 0.1) is 28.3 Å². The molecule has 0 unspecified atom stereocenters. The molecule has 0 saturated carbocycles. The highest BCUT2D eigenvalue weighted by atomic mass is 16.6. The van der Waals surface area contributed by atoms with Gasteiger partial charge in [-0.05, 0) is 55.3 Å². The van der Waals surface area contributed by atoms with E-state index in [1.165, 1.54) is 24.3 Å². The summed E-state index contributed by atoms with van der Waals surface area (Å²) in [6.07, 6.45) is 5.28. The molecule has 0 aliphatic heterocycles. The Morgan fingerprint density at radius 1 is 0.878 bits per heavy atom. The molecule has 0 bridgehead atoms. The smallest absolute Gasteiger partial charge is 0.340 e. The Kier molecular flexibility index (Phi) is 7.51. The fourth-order valence-electron chi connectivity index (χ4n) is 4.56. The zero-order valence-electron chi connectivity index (χ0n) is 22.4. The van der Waals surface area contributed by atoms with Crippen molar-refractivity contribution in [2.45, 2.75) is 20.4 Å². The number of carbonyl (C=O) groups is 3.